The Kier molecular flexibility index (Phi) is 8.86. The standard InChI is InChI=1S/C29H42ClN3O3/c1-35-25-9-4-21(5-10-25)18-28(34)31-24-7-2-20(3-8-24)12-15-33-16-13-22(14-17-33)29-26-19-23(30)6-11-27(26)36-32-29/h6,11,19-22,24-25H,2-5,7-10,12-18H2,1H3,(H,31,34)/t20?,21-,24?,25-. The molecule has 36 heavy (non-hydrogen) atoms. The number of nitrogens with one attached hydrogen (secondary N) is 1. The number of hydrogen-bond acceptors (Lipinski definition) is 5. The van der Waals surface area contributed by atoms with E-state index < -0.39 is 0 Å². The summed E-state index contributed by atoms with van der Waals surface area (Å²) in [6.45, 7) is 3.43. The van der Waals surface area contributed by atoms with Crippen molar-refractivity contribution in [1.29, 1.82) is 0 Å². The largest absolute Gasteiger partial charge is 0.381 e. The van der Waals surface area contributed by atoms with E-state index in [1.807, 2.05) is 18.2 Å². The number of carbonyl (C=O) groups is 1. The molecular formula is C29H42ClN3O3. The predicted octanol–water partition coefficient (Wildman–Crippen LogP) is 6.32. The van der Waals surface area contributed by atoms with Crippen LogP contribution in [0.2, 0.25) is 5.02 Å². The Morgan fingerprint density at radius 2 is 1.78 bits per heavy atom. The van der Waals surface area contributed by atoms with E-state index in [-0.39, 0.29) is 5.91 Å². The number of benzene rings is 1. The highest BCUT2D eigenvalue weighted by molar-refractivity contribution is 6.31. The number of aromatic nitrogens is 1. The quantitative estimate of drug-likeness (QED) is 0.445. The third-order valence-electron chi connectivity index (χ3n) is 9.10. The topological polar surface area (TPSA) is 67.6 Å². The van der Waals surface area contributed by atoms with Crippen LogP contribution in [0.1, 0.15) is 88.7 Å². The fourth-order valence-electron chi connectivity index (χ4n) is 6.74. The number of nitrogens with zero attached hydrogens (tertiary/aromatic N) is 2. The number of rotatable bonds is 8. The van der Waals surface area contributed by atoms with E-state index in [0.717, 1.165) is 92.1 Å². The molecule has 2 aromatic rings. The Balaban J connectivity index is 0.976. The Bertz CT molecular complexity index is 987. The first kappa shape index (κ1) is 26.0. The van der Waals surface area contributed by atoms with Gasteiger partial charge in [-0.05, 0) is 120 Å². The molecule has 0 unspecified atom stereocenters. The van der Waals surface area contributed by atoms with Crippen molar-refractivity contribution in [3.05, 3.63) is 28.9 Å². The molecular weight excluding hydrogens is 474 g/mol. The maximum Gasteiger partial charge on any atom is 0.220 e. The van der Waals surface area contributed by atoms with Crippen molar-refractivity contribution < 1.29 is 14.1 Å². The van der Waals surface area contributed by atoms with E-state index in [2.05, 4.69) is 15.4 Å². The molecule has 0 bridgehead atoms. The van der Waals surface area contributed by atoms with Gasteiger partial charge in [-0.1, -0.05) is 16.8 Å². The van der Waals surface area contributed by atoms with Gasteiger partial charge in [-0.3, -0.25) is 4.79 Å². The highest BCUT2D eigenvalue weighted by Crippen LogP contribution is 2.35. The molecule has 6 nitrogen and oxygen atoms in total. The lowest BCUT2D eigenvalue weighted by Gasteiger charge is -2.34. The number of likely N-dealkylation sites (tertiary alicyclic amines) is 1. The van der Waals surface area contributed by atoms with E-state index in [1.165, 1.54) is 25.8 Å². The van der Waals surface area contributed by atoms with Gasteiger partial charge in [0.2, 0.25) is 5.91 Å². The molecule has 1 amide bonds. The zero-order valence-electron chi connectivity index (χ0n) is 21.7. The zero-order chi connectivity index (χ0) is 24.9. The zero-order valence-corrected chi connectivity index (χ0v) is 22.5. The SMILES string of the molecule is CO[C@H]1CC[C@H](CC(=O)NC2CCC(CCN3CCC(c4noc5ccc(Cl)cc45)CC3)CC2)CC1. The van der Waals surface area contributed by atoms with Crippen molar-refractivity contribution in [2.45, 2.75) is 95.1 Å². The molecule has 0 radical (unpaired) electrons. The molecule has 1 aromatic heterocycles. The van der Waals surface area contributed by atoms with Gasteiger partial charge in [0.05, 0.1) is 11.8 Å². The summed E-state index contributed by atoms with van der Waals surface area (Å²) >= 11 is 6.20. The van der Waals surface area contributed by atoms with Crippen LogP contribution in [0.15, 0.2) is 22.7 Å². The van der Waals surface area contributed by atoms with Crippen LogP contribution in [0.3, 0.4) is 0 Å². The molecule has 198 valence electrons. The molecule has 1 aliphatic heterocycles. The van der Waals surface area contributed by atoms with E-state index in [4.69, 9.17) is 20.9 Å². The van der Waals surface area contributed by atoms with Crippen molar-refractivity contribution in [3.8, 4) is 0 Å². The second kappa shape index (κ2) is 12.3. The van der Waals surface area contributed by atoms with Gasteiger partial charge < -0.3 is 19.5 Å². The van der Waals surface area contributed by atoms with Gasteiger partial charge in [0, 0.05) is 35.9 Å². The molecule has 0 atom stereocenters. The lowest BCUT2D eigenvalue weighted by Crippen LogP contribution is -2.39. The van der Waals surface area contributed by atoms with Gasteiger partial charge in [-0.2, -0.15) is 0 Å². The van der Waals surface area contributed by atoms with Crippen LogP contribution in [0.25, 0.3) is 11.0 Å². The van der Waals surface area contributed by atoms with Crippen molar-refractivity contribution in [2.75, 3.05) is 26.7 Å². The first-order chi connectivity index (χ1) is 17.6. The molecule has 3 fully saturated rings. The first-order valence-electron chi connectivity index (χ1n) is 14.2. The summed E-state index contributed by atoms with van der Waals surface area (Å²) in [4.78, 5) is 15.2. The maximum atomic E-state index is 12.6. The highest BCUT2D eigenvalue weighted by Gasteiger charge is 2.28. The predicted molar refractivity (Wildman–Crippen MR) is 143 cm³/mol. The summed E-state index contributed by atoms with van der Waals surface area (Å²) in [5, 5.41) is 9.55. The molecule has 2 heterocycles. The number of ether oxygens (including phenoxy) is 1. The lowest BCUT2D eigenvalue weighted by molar-refractivity contribution is -0.123. The number of fused-ring (bicyclic) bond motifs is 1. The molecule has 2 saturated carbocycles. The van der Waals surface area contributed by atoms with Crippen LogP contribution in [-0.4, -0.2) is 54.9 Å². The van der Waals surface area contributed by atoms with E-state index in [0.29, 0.717) is 30.4 Å². The summed E-state index contributed by atoms with van der Waals surface area (Å²) in [6.07, 6.45) is 13.8. The van der Waals surface area contributed by atoms with Crippen molar-refractivity contribution in [1.82, 2.24) is 15.4 Å². The van der Waals surface area contributed by atoms with Crippen LogP contribution in [0.4, 0.5) is 0 Å². The number of amides is 1. The number of piperidine rings is 1. The number of carbonyl (C=O) groups excluding carboxylic acids is 1. The average Bonchev–Trinajstić information content (AvgIpc) is 3.32. The molecule has 1 aromatic carbocycles. The van der Waals surface area contributed by atoms with Gasteiger partial charge in [0.25, 0.3) is 0 Å². The van der Waals surface area contributed by atoms with Crippen molar-refractivity contribution >= 4 is 28.5 Å². The van der Waals surface area contributed by atoms with Crippen LogP contribution in [0, 0.1) is 11.8 Å². The number of halogens is 1. The first-order valence-corrected chi connectivity index (χ1v) is 14.5. The van der Waals surface area contributed by atoms with Gasteiger partial charge in [0.15, 0.2) is 5.58 Å². The summed E-state index contributed by atoms with van der Waals surface area (Å²) < 4.78 is 11.0. The normalized spacial score (nSPS) is 28.4. The van der Waals surface area contributed by atoms with Crippen LogP contribution < -0.4 is 5.32 Å². The Morgan fingerprint density at radius 1 is 1.06 bits per heavy atom. The highest BCUT2D eigenvalue weighted by atomic mass is 35.5. The number of hydrogen-bond donors (Lipinski definition) is 1. The summed E-state index contributed by atoms with van der Waals surface area (Å²) in [5.74, 6) is 2.05. The van der Waals surface area contributed by atoms with Crippen LogP contribution in [0.5, 0.6) is 0 Å². The average molecular weight is 516 g/mol. The third kappa shape index (κ3) is 6.62. The molecule has 5 rings (SSSR count). The summed E-state index contributed by atoms with van der Waals surface area (Å²) in [7, 11) is 1.80. The van der Waals surface area contributed by atoms with Crippen LogP contribution in [-0.2, 0) is 9.53 Å². The molecule has 0 spiro atoms. The molecule has 1 N–H and O–H groups in total. The minimum Gasteiger partial charge on any atom is -0.381 e. The second-order valence-corrected chi connectivity index (χ2v) is 11.9. The van der Waals surface area contributed by atoms with Crippen molar-refractivity contribution in [3.63, 3.8) is 0 Å². The monoisotopic (exact) mass is 515 g/mol. The maximum absolute atomic E-state index is 12.6. The van der Waals surface area contributed by atoms with Gasteiger partial charge in [-0.25, -0.2) is 0 Å². The van der Waals surface area contributed by atoms with E-state index in [1.54, 1.807) is 7.11 Å². The lowest BCUT2D eigenvalue weighted by atomic mass is 9.83. The Labute approximate surface area is 220 Å². The molecule has 7 heteroatoms. The van der Waals surface area contributed by atoms with Crippen LogP contribution >= 0.6 is 11.6 Å². The summed E-state index contributed by atoms with van der Waals surface area (Å²) in [6, 6.07) is 6.14. The second-order valence-electron chi connectivity index (χ2n) is 11.5. The van der Waals surface area contributed by atoms with Gasteiger partial charge >= 0.3 is 0 Å². The molecule has 3 aliphatic rings. The van der Waals surface area contributed by atoms with Gasteiger partial charge in [-0.15, -0.1) is 0 Å². The molecule has 1 saturated heterocycles. The fraction of sp³-hybridized carbons (Fsp3) is 0.724. The number of methoxy groups -OCH3 is 1. The van der Waals surface area contributed by atoms with Crippen molar-refractivity contribution in [2.24, 2.45) is 11.8 Å². The fourth-order valence-corrected chi connectivity index (χ4v) is 6.91. The Hall–Kier alpha value is -1.63. The smallest absolute Gasteiger partial charge is 0.220 e. The van der Waals surface area contributed by atoms with Gasteiger partial charge in [0.1, 0.15) is 0 Å². The Morgan fingerprint density at radius 3 is 2.50 bits per heavy atom. The van der Waals surface area contributed by atoms with E-state index >= 15 is 0 Å². The third-order valence-corrected chi connectivity index (χ3v) is 9.34. The molecule has 2 aliphatic carbocycles. The summed E-state index contributed by atoms with van der Waals surface area (Å²) in [5.41, 5.74) is 1.91. The minimum absolute atomic E-state index is 0.268. The minimum atomic E-state index is 0.268. The van der Waals surface area contributed by atoms with E-state index in [9.17, 15) is 4.79 Å².